The highest BCUT2D eigenvalue weighted by Crippen LogP contribution is 2.38. The van der Waals surface area contributed by atoms with Crippen molar-refractivity contribution < 1.29 is 27.8 Å². The number of rotatable bonds is 11. The van der Waals surface area contributed by atoms with E-state index in [9.17, 15) is 13.6 Å². The minimum atomic E-state index is -1.51. The van der Waals surface area contributed by atoms with Crippen molar-refractivity contribution in [3.8, 4) is 5.75 Å². The van der Waals surface area contributed by atoms with E-state index in [0.717, 1.165) is 49.3 Å². The van der Waals surface area contributed by atoms with E-state index in [4.69, 9.17) is 14.2 Å². The van der Waals surface area contributed by atoms with Gasteiger partial charge in [0.25, 0.3) is 0 Å². The first-order valence-corrected chi connectivity index (χ1v) is 17.6. The van der Waals surface area contributed by atoms with Gasteiger partial charge in [0, 0.05) is 73.9 Å². The molecule has 1 aromatic heterocycles. The normalized spacial score (nSPS) is 19.9. The molecule has 1 radical (unpaired) electrons. The van der Waals surface area contributed by atoms with E-state index in [1.807, 2.05) is 43.4 Å². The summed E-state index contributed by atoms with van der Waals surface area (Å²) in [6.07, 6.45) is 2.35. The van der Waals surface area contributed by atoms with Crippen molar-refractivity contribution in [1.29, 1.82) is 0 Å². The molecular weight excluding hydrogens is 668 g/mol. The van der Waals surface area contributed by atoms with Gasteiger partial charge in [-0.25, -0.2) is 23.2 Å². The maximum absolute atomic E-state index is 14.9. The quantitative estimate of drug-likeness (QED) is 0.183. The van der Waals surface area contributed by atoms with Crippen LogP contribution >= 0.6 is 0 Å². The van der Waals surface area contributed by atoms with Crippen LogP contribution in [0.4, 0.5) is 30.6 Å². The van der Waals surface area contributed by atoms with Gasteiger partial charge in [0.15, 0.2) is 0 Å². The van der Waals surface area contributed by atoms with E-state index in [0.29, 0.717) is 5.75 Å². The summed E-state index contributed by atoms with van der Waals surface area (Å²) in [5.41, 5.74) is 3.08. The Morgan fingerprint density at radius 1 is 1.02 bits per heavy atom. The van der Waals surface area contributed by atoms with Gasteiger partial charge >= 0.3 is 6.03 Å². The van der Waals surface area contributed by atoms with Crippen LogP contribution < -0.4 is 19.9 Å². The number of ether oxygens (including phenoxy) is 3. The van der Waals surface area contributed by atoms with Crippen molar-refractivity contribution >= 4 is 23.1 Å². The molecule has 0 spiro atoms. The average molecular weight is 717 g/mol. The molecule has 0 aliphatic carbocycles. The maximum atomic E-state index is 14.9. The third kappa shape index (κ3) is 8.47. The number of aromatic nitrogens is 3. The Kier molecular flexibility index (Phi) is 11.0. The molecule has 2 saturated heterocycles. The second kappa shape index (κ2) is 15.5. The third-order valence-electron chi connectivity index (χ3n) is 10.1. The molecule has 2 aliphatic heterocycles. The van der Waals surface area contributed by atoms with Gasteiger partial charge in [-0.1, -0.05) is 27.7 Å². The van der Waals surface area contributed by atoms with Crippen LogP contribution in [0.1, 0.15) is 40.2 Å². The Bertz CT molecular complexity index is 1780. The van der Waals surface area contributed by atoms with Gasteiger partial charge in [0.1, 0.15) is 49.3 Å². The predicted molar refractivity (Wildman–Crippen MR) is 196 cm³/mol. The Balaban J connectivity index is 0.979. The number of anilines is 3. The van der Waals surface area contributed by atoms with E-state index in [-0.39, 0.29) is 42.8 Å². The predicted octanol–water partition coefficient (Wildman–Crippen LogP) is 6.72. The average Bonchev–Trinajstić information content (AvgIpc) is 3.80. The molecule has 6 rings (SSSR count). The van der Waals surface area contributed by atoms with Crippen molar-refractivity contribution in [2.45, 2.75) is 59.1 Å². The minimum Gasteiger partial charge on any atom is -0.491 e. The molecule has 0 saturated carbocycles. The maximum Gasteiger partial charge on any atom is 0.321 e. The molecule has 0 unspecified atom stereocenters. The number of carbonyl (C=O) groups is 1. The molecular formula is C39H48F2N7O4. The second-order valence-corrected chi connectivity index (χ2v) is 14.5. The number of hydrogen-bond donors (Lipinski definition) is 1. The van der Waals surface area contributed by atoms with Crippen molar-refractivity contribution in [3.63, 3.8) is 0 Å². The van der Waals surface area contributed by atoms with E-state index in [1.54, 1.807) is 4.90 Å². The summed E-state index contributed by atoms with van der Waals surface area (Å²) >= 11 is 0. The smallest absolute Gasteiger partial charge is 0.321 e. The molecule has 2 amide bonds. The van der Waals surface area contributed by atoms with Crippen molar-refractivity contribution in [3.05, 3.63) is 103 Å². The van der Waals surface area contributed by atoms with Gasteiger partial charge in [-0.3, -0.25) is 0 Å². The van der Waals surface area contributed by atoms with Gasteiger partial charge in [-0.2, -0.15) is 5.10 Å². The first-order valence-electron chi connectivity index (χ1n) is 17.6. The summed E-state index contributed by atoms with van der Waals surface area (Å²) in [6.45, 7) is 14.4. The van der Waals surface area contributed by atoms with E-state index in [1.165, 1.54) is 35.4 Å². The van der Waals surface area contributed by atoms with E-state index in [2.05, 4.69) is 72.0 Å². The summed E-state index contributed by atoms with van der Waals surface area (Å²) < 4.78 is 48.4. The lowest BCUT2D eigenvalue weighted by atomic mass is 9.78. The number of urea groups is 1. The Hall–Kier alpha value is -4.75. The van der Waals surface area contributed by atoms with Gasteiger partial charge < -0.3 is 34.2 Å². The molecule has 0 bridgehead atoms. The number of hydrogen-bond acceptors (Lipinski definition) is 8. The van der Waals surface area contributed by atoms with Gasteiger partial charge in [-0.05, 0) is 73.0 Å². The van der Waals surface area contributed by atoms with Crippen LogP contribution in [0.2, 0.25) is 0 Å². The summed E-state index contributed by atoms with van der Waals surface area (Å²) in [6, 6.07) is 19.2. The fraction of sp³-hybridized carbons (Fsp3) is 0.436. The summed E-state index contributed by atoms with van der Waals surface area (Å²) in [7, 11) is 1.83. The molecule has 4 aromatic rings. The number of piperazine rings is 1. The van der Waals surface area contributed by atoms with E-state index < -0.39 is 23.5 Å². The first kappa shape index (κ1) is 37.0. The number of benzene rings is 3. The number of nitrogens with one attached hydrogen (secondary N) is 1. The lowest BCUT2D eigenvalue weighted by Crippen LogP contribution is -2.46. The van der Waals surface area contributed by atoms with E-state index >= 15 is 0 Å². The molecule has 2 aliphatic rings. The topological polar surface area (TPSA) is 97.2 Å². The monoisotopic (exact) mass is 716 g/mol. The number of amides is 2. The third-order valence-corrected chi connectivity index (χ3v) is 10.1. The van der Waals surface area contributed by atoms with Crippen LogP contribution in [-0.2, 0) is 21.8 Å². The summed E-state index contributed by atoms with van der Waals surface area (Å²) in [4.78, 5) is 23.3. The van der Waals surface area contributed by atoms with Crippen LogP contribution in [0, 0.1) is 23.0 Å². The molecule has 277 valence electrons. The lowest BCUT2D eigenvalue weighted by molar-refractivity contribution is -0.192. The highest BCUT2D eigenvalue weighted by molar-refractivity contribution is 5.89. The fourth-order valence-corrected chi connectivity index (χ4v) is 6.51. The summed E-state index contributed by atoms with van der Waals surface area (Å²) in [5.74, 6) is -1.04. The highest BCUT2D eigenvalue weighted by Gasteiger charge is 2.46. The van der Waals surface area contributed by atoms with Crippen LogP contribution in [-0.4, -0.2) is 84.3 Å². The SMILES string of the molecule is C[C]([C@H](C)N(C)C(=O)Nc1ccc(N2CCN(c3ccc(OC[C@@H]4CO[C@@](Cn5cncn5)(c5ccc(F)cc5F)O4)cc3)CC2)cc1)C(C)(C)C. The molecule has 3 atom stereocenters. The number of halogens is 2. The van der Waals surface area contributed by atoms with Crippen molar-refractivity contribution in [2.24, 2.45) is 5.41 Å². The van der Waals surface area contributed by atoms with Crippen molar-refractivity contribution in [2.75, 3.05) is 61.6 Å². The lowest BCUT2D eigenvalue weighted by Gasteiger charge is -2.37. The van der Waals surface area contributed by atoms with Crippen LogP contribution in [0.15, 0.2) is 79.4 Å². The fourth-order valence-electron chi connectivity index (χ4n) is 6.51. The molecule has 1 N–H and O–H groups in total. The highest BCUT2D eigenvalue weighted by atomic mass is 19.1. The standard InChI is InChI=1S/C39H48F2N7O4/c1-27(38(3,4)5)28(2)45(6)37(49)44-30-8-10-31(11-9-30)46-17-19-47(20-18-46)32-12-14-33(15-13-32)50-22-34-23-51-39(52-34,24-48-26-42-25-43-48)35-16-7-29(40)21-36(35)41/h7-16,21,25-26,28,34H,17-20,22-24H2,1-6H3,(H,44,49)/t28-,34+,39+/m0/s1. The Labute approximate surface area is 304 Å². The molecule has 3 heterocycles. The van der Waals surface area contributed by atoms with Crippen LogP contribution in [0.3, 0.4) is 0 Å². The molecule has 2 fully saturated rings. The van der Waals surface area contributed by atoms with Gasteiger partial charge in [-0.15, -0.1) is 0 Å². The zero-order valence-electron chi connectivity index (χ0n) is 30.7. The minimum absolute atomic E-state index is 0.0161. The van der Waals surface area contributed by atoms with Gasteiger partial charge in [0.05, 0.1) is 6.61 Å². The zero-order chi connectivity index (χ0) is 37.0. The molecule has 13 heteroatoms. The number of carbonyl (C=O) groups excluding carboxylic acids is 1. The Morgan fingerprint density at radius 3 is 2.23 bits per heavy atom. The van der Waals surface area contributed by atoms with Crippen LogP contribution in [0.25, 0.3) is 0 Å². The molecule has 3 aromatic carbocycles. The second-order valence-electron chi connectivity index (χ2n) is 14.5. The van der Waals surface area contributed by atoms with Crippen molar-refractivity contribution in [1.82, 2.24) is 19.7 Å². The van der Waals surface area contributed by atoms with Crippen LogP contribution in [0.5, 0.6) is 5.75 Å². The Morgan fingerprint density at radius 2 is 1.65 bits per heavy atom. The zero-order valence-corrected chi connectivity index (χ0v) is 30.7. The summed E-state index contributed by atoms with van der Waals surface area (Å²) in [5, 5.41) is 7.14. The first-order chi connectivity index (χ1) is 24.8. The molecule has 52 heavy (non-hydrogen) atoms. The largest absolute Gasteiger partial charge is 0.491 e. The van der Waals surface area contributed by atoms with Gasteiger partial charge in [0.2, 0.25) is 5.79 Å². The molecule has 11 nitrogen and oxygen atoms in total. The number of nitrogens with zero attached hydrogens (tertiary/aromatic N) is 6.